The molecule has 3 heteroatoms. The standard InChI is InChI=1S/C13H16F2O/c1-8-3-6-10(12(15)11(8)14)13(2,16)7-9-4-5-9/h3,6,9,16H,4-5,7H2,1-2H3. The topological polar surface area (TPSA) is 20.2 Å². The van der Waals surface area contributed by atoms with Gasteiger partial charge in [0.1, 0.15) is 0 Å². The number of aliphatic hydroxyl groups is 1. The summed E-state index contributed by atoms with van der Waals surface area (Å²) in [6.45, 7) is 3.07. The van der Waals surface area contributed by atoms with Gasteiger partial charge in [-0.1, -0.05) is 25.0 Å². The average molecular weight is 226 g/mol. The molecule has 1 nitrogen and oxygen atoms in total. The highest BCUT2D eigenvalue weighted by molar-refractivity contribution is 5.29. The van der Waals surface area contributed by atoms with Crippen molar-refractivity contribution < 1.29 is 13.9 Å². The highest BCUT2D eigenvalue weighted by Crippen LogP contribution is 2.41. The third-order valence-electron chi connectivity index (χ3n) is 3.24. The zero-order valence-electron chi connectivity index (χ0n) is 9.56. The number of rotatable bonds is 3. The molecule has 0 radical (unpaired) electrons. The van der Waals surface area contributed by atoms with Crippen LogP contribution in [0.1, 0.15) is 37.3 Å². The van der Waals surface area contributed by atoms with E-state index in [1.54, 1.807) is 6.92 Å². The van der Waals surface area contributed by atoms with Crippen molar-refractivity contribution in [2.75, 3.05) is 0 Å². The van der Waals surface area contributed by atoms with E-state index in [1.807, 2.05) is 0 Å². The van der Waals surface area contributed by atoms with Gasteiger partial charge >= 0.3 is 0 Å². The maximum Gasteiger partial charge on any atom is 0.165 e. The van der Waals surface area contributed by atoms with Gasteiger partial charge in [0.2, 0.25) is 0 Å². The predicted molar refractivity (Wildman–Crippen MR) is 58.0 cm³/mol. The van der Waals surface area contributed by atoms with Gasteiger partial charge in [0.25, 0.3) is 0 Å². The lowest BCUT2D eigenvalue weighted by Gasteiger charge is -2.24. The minimum Gasteiger partial charge on any atom is -0.385 e. The van der Waals surface area contributed by atoms with Gasteiger partial charge in [-0.3, -0.25) is 0 Å². The van der Waals surface area contributed by atoms with Crippen LogP contribution in [0.4, 0.5) is 8.78 Å². The average Bonchev–Trinajstić information content (AvgIpc) is 2.97. The Hall–Kier alpha value is -0.960. The largest absolute Gasteiger partial charge is 0.385 e. The minimum atomic E-state index is -1.26. The van der Waals surface area contributed by atoms with Crippen LogP contribution < -0.4 is 0 Å². The third kappa shape index (κ3) is 2.09. The van der Waals surface area contributed by atoms with Gasteiger partial charge in [0, 0.05) is 5.56 Å². The van der Waals surface area contributed by atoms with Crippen LogP contribution in [0, 0.1) is 24.5 Å². The summed E-state index contributed by atoms with van der Waals surface area (Å²) in [6.07, 6.45) is 2.66. The second-order valence-electron chi connectivity index (χ2n) is 4.98. The Bertz CT molecular complexity index is 409. The van der Waals surface area contributed by atoms with Crippen LogP contribution in [0.2, 0.25) is 0 Å². The summed E-state index contributed by atoms with van der Waals surface area (Å²) < 4.78 is 27.1. The quantitative estimate of drug-likeness (QED) is 0.838. The Morgan fingerprint density at radius 3 is 2.50 bits per heavy atom. The number of benzene rings is 1. The van der Waals surface area contributed by atoms with Crippen LogP contribution in [-0.2, 0) is 5.60 Å². The Balaban J connectivity index is 2.34. The molecule has 0 saturated heterocycles. The van der Waals surface area contributed by atoms with E-state index < -0.39 is 17.2 Å². The van der Waals surface area contributed by atoms with Crippen molar-refractivity contribution in [2.45, 2.75) is 38.7 Å². The molecular formula is C13H16F2O. The molecule has 1 aromatic carbocycles. The Morgan fingerprint density at radius 2 is 1.94 bits per heavy atom. The molecule has 1 aromatic rings. The minimum absolute atomic E-state index is 0.0718. The van der Waals surface area contributed by atoms with Crippen LogP contribution in [0.3, 0.4) is 0 Å². The van der Waals surface area contributed by atoms with Crippen LogP contribution >= 0.6 is 0 Å². The fraction of sp³-hybridized carbons (Fsp3) is 0.538. The second kappa shape index (κ2) is 3.81. The zero-order valence-corrected chi connectivity index (χ0v) is 9.56. The van der Waals surface area contributed by atoms with E-state index in [-0.39, 0.29) is 11.1 Å². The summed E-state index contributed by atoms with van der Waals surface area (Å²) >= 11 is 0. The van der Waals surface area contributed by atoms with E-state index in [1.165, 1.54) is 19.1 Å². The lowest BCUT2D eigenvalue weighted by Crippen LogP contribution is -2.24. The molecule has 1 atom stereocenters. The summed E-state index contributed by atoms with van der Waals surface area (Å²) in [6, 6.07) is 2.99. The Labute approximate surface area is 94.1 Å². The van der Waals surface area contributed by atoms with Crippen LogP contribution in [-0.4, -0.2) is 5.11 Å². The molecule has 1 aliphatic rings. The molecule has 16 heavy (non-hydrogen) atoms. The monoisotopic (exact) mass is 226 g/mol. The SMILES string of the molecule is Cc1ccc(C(C)(O)CC2CC2)c(F)c1F. The zero-order chi connectivity index (χ0) is 11.9. The fourth-order valence-electron chi connectivity index (χ4n) is 2.06. The molecule has 1 saturated carbocycles. The normalized spacial score (nSPS) is 19.6. The van der Waals surface area contributed by atoms with Crippen molar-refractivity contribution in [3.05, 3.63) is 34.9 Å². The van der Waals surface area contributed by atoms with Crippen LogP contribution in [0.15, 0.2) is 12.1 Å². The molecule has 88 valence electrons. The third-order valence-corrected chi connectivity index (χ3v) is 3.24. The summed E-state index contributed by atoms with van der Waals surface area (Å²) in [7, 11) is 0. The molecule has 1 unspecified atom stereocenters. The van der Waals surface area contributed by atoms with Gasteiger partial charge in [-0.25, -0.2) is 8.78 Å². The summed E-state index contributed by atoms with van der Waals surface area (Å²) in [5, 5.41) is 10.2. The smallest absolute Gasteiger partial charge is 0.165 e. The molecule has 1 fully saturated rings. The van der Waals surface area contributed by atoms with E-state index in [2.05, 4.69) is 0 Å². The second-order valence-corrected chi connectivity index (χ2v) is 4.98. The van der Waals surface area contributed by atoms with Crippen LogP contribution in [0.5, 0.6) is 0 Å². The van der Waals surface area contributed by atoms with E-state index in [0.717, 1.165) is 12.8 Å². The van der Waals surface area contributed by atoms with E-state index in [9.17, 15) is 13.9 Å². The lowest BCUT2D eigenvalue weighted by atomic mass is 9.89. The molecule has 0 aliphatic heterocycles. The first-order valence-corrected chi connectivity index (χ1v) is 5.59. The van der Waals surface area contributed by atoms with Crippen LogP contribution in [0.25, 0.3) is 0 Å². The van der Waals surface area contributed by atoms with Crippen molar-refractivity contribution in [1.82, 2.24) is 0 Å². The highest BCUT2D eigenvalue weighted by atomic mass is 19.2. The molecular weight excluding hydrogens is 210 g/mol. The molecule has 1 aliphatic carbocycles. The van der Waals surface area contributed by atoms with E-state index in [4.69, 9.17) is 0 Å². The Morgan fingerprint density at radius 1 is 1.31 bits per heavy atom. The van der Waals surface area contributed by atoms with Gasteiger partial charge < -0.3 is 5.11 Å². The number of hydrogen-bond donors (Lipinski definition) is 1. The first-order valence-electron chi connectivity index (χ1n) is 5.59. The predicted octanol–water partition coefficient (Wildman–Crippen LogP) is 3.28. The first kappa shape index (κ1) is 11.5. The maximum absolute atomic E-state index is 13.7. The lowest BCUT2D eigenvalue weighted by molar-refractivity contribution is 0.0374. The molecule has 0 aromatic heterocycles. The van der Waals surface area contributed by atoms with Crippen molar-refractivity contribution >= 4 is 0 Å². The fourth-order valence-corrected chi connectivity index (χ4v) is 2.06. The summed E-state index contributed by atoms with van der Waals surface area (Å²) in [4.78, 5) is 0. The number of hydrogen-bond acceptors (Lipinski definition) is 1. The molecule has 1 N–H and O–H groups in total. The molecule has 0 amide bonds. The van der Waals surface area contributed by atoms with Crippen molar-refractivity contribution in [3.8, 4) is 0 Å². The van der Waals surface area contributed by atoms with Crippen molar-refractivity contribution in [1.29, 1.82) is 0 Å². The molecule has 0 spiro atoms. The maximum atomic E-state index is 13.7. The van der Waals surface area contributed by atoms with Gasteiger partial charge in [-0.05, 0) is 31.7 Å². The first-order chi connectivity index (χ1) is 7.42. The van der Waals surface area contributed by atoms with Gasteiger partial charge in [-0.2, -0.15) is 0 Å². The van der Waals surface area contributed by atoms with Crippen molar-refractivity contribution in [2.24, 2.45) is 5.92 Å². The Kier molecular flexibility index (Phi) is 2.74. The molecule has 0 bridgehead atoms. The van der Waals surface area contributed by atoms with E-state index in [0.29, 0.717) is 12.3 Å². The molecule has 2 rings (SSSR count). The molecule has 0 heterocycles. The van der Waals surface area contributed by atoms with Gasteiger partial charge in [0.15, 0.2) is 11.6 Å². The van der Waals surface area contributed by atoms with E-state index >= 15 is 0 Å². The highest BCUT2D eigenvalue weighted by Gasteiger charge is 2.35. The number of aryl methyl sites for hydroxylation is 1. The summed E-state index contributed by atoms with van der Waals surface area (Å²) in [5.74, 6) is -1.31. The number of halogens is 2. The van der Waals surface area contributed by atoms with Gasteiger partial charge in [0.05, 0.1) is 5.60 Å². The van der Waals surface area contributed by atoms with Gasteiger partial charge in [-0.15, -0.1) is 0 Å². The van der Waals surface area contributed by atoms with Crippen molar-refractivity contribution in [3.63, 3.8) is 0 Å². The summed E-state index contributed by atoms with van der Waals surface area (Å²) in [5.41, 5.74) is -0.925.